The molecule has 0 aromatic carbocycles. The highest BCUT2D eigenvalue weighted by Gasteiger charge is 2.41. The van der Waals surface area contributed by atoms with Crippen molar-refractivity contribution in [3.63, 3.8) is 0 Å². The summed E-state index contributed by atoms with van der Waals surface area (Å²) < 4.78 is 12.0. The van der Waals surface area contributed by atoms with Crippen LogP contribution < -0.4 is 16.0 Å². The Morgan fingerprint density at radius 2 is 1.52 bits per heavy atom. The highest BCUT2D eigenvalue weighted by atomic mass is 32.2. The van der Waals surface area contributed by atoms with Gasteiger partial charge in [0.15, 0.2) is 5.78 Å². The Morgan fingerprint density at radius 1 is 0.976 bits per heavy atom. The number of Topliss-reactive ketones (excluding diaryl/α,β-unsaturated/α-hetero) is 1. The third-order valence-corrected chi connectivity index (χ3v) is 8.92. The molecule has 3 amide bonds. The normalized spacial score (nSPS) is 20.0. The number of hydroxylamine groups is 2. The van der Waals surface area contributed by atoms with Crippen LogP contribution in [-0.4, -0.2) is 90.4 Å². The zero-order valence-electron chi connectivity index (χ0n) is 26.3. The van der Waals surface area contributed by atoms with Crippen LogP contribution in [0.25, 0.3) is 0 Å². The largest absolute Gasteiger partial charge is 0.444 e. The van der Waals surface area contributed by atoms with Crippen molar-refractivity contribution < 1.29 is 33.5 Å². The number of amides is 3. The Morgan fingerprint density at radius 3 is 2.00 bits per heavy atom. The van der Waals surface area contributed by atoms with Gasteiger partial charge in [-0.25, -0.2) is 14.6 Å². The predicted octanol–water partition coefficient (Wildman–Crippen LogP) is 4.21. The lowest BCUT2D eigenvalue weighted by Crippen LogP contribution is -2.50. The second-order valence-corrected chi connectivity index (χ2v) is 14.7. The van der Waals surface area contributed by atoms with E-state index in [4.69, 9.17) is 19.3 Å². The van der Waals surface area contributed by atoms with E-state index >= 15 is 0 Å². The lowest BCUT2D eigenvalue weighted by Gasteiger charge is -2.27. The number of rotatable bonds is 8. The summed E-state index contributed by atoms with van der Waals surface area (Å²) in [5, 5.41) is 9.49. The first-order valence-electron chi connectivity index (χ1n) is 14.1. The van der Waals surface area contributed by atoms with Gasteiger partial charge < -0.3 is 19.6 Å². The first-order valence-corrected chi connectivity index (χ1v) is 16.0. The molecule has 3 atom stereocenters. The van der Waals surface area contributed by atoms with Gasteiger partial charge in [0.2, 0.25) is 11.9 Å². The molecule has 2 aliphatic rings. The summed E-state index contributed by atoms with van der Waals surface area (Å²) in [5.74, 6) is 0.947. The van der Waals surface area contributed by atoms with Gasteiger partial charge in [-0.1, -0.05) is 0 Å². The van der Waals surface area contributed by atoms with Crippen molar-refractivity contribution in [3.05, 3.63) is 9.81 Å². The number of hydrogen-bond acceptors (Lipinski definition) is 11. The average molecular weight is 630 g/mol. The van der Waals surface area contributed by atoms with Crippen LogP contribution in [0.2, 0.25) is 0 Å². The van der Waals surface area contributed by atoms with E-state index in [9.17, 15) is 19.2 Å². The lowest BCUT2D eigenvalue weighted by molar-refractivity contribution is -0.133. The number of aliphatic imine (C=N–C) groups is 1. The van der Waals surface area contributed by atoms with Crippen LogP contribution in [-0.2, 0) is 23.9 Å². The monoisotopic (exact) mass is 629 g/mol. The zero-order chi connectivity index (χ0) is 31.7. The highest BCUT2D eigenvalue weighted by Crippen LogP contribution is 2.45. The second-order valence-electron chi connectivity index (χ2n) is 12.2. The van der Waals surface area contributed by atoms with Crippen LogP contribution in [0.1, 0.15) is 74.1 Å². The van der Waals surface area contributed by atoms with Crippen molar-refractivity contribution >= 4 is 53.4 Å². The SMILES string of the molecule is CON(C)CCC(=O)C(NC(C)=O)[C@@H]1CC(=C2SCCCS2)C[C@@H]1N=C(NC(=O)OC(C)(C)C)NC(=O)OC(C)(C)C. The predicted molar refractivity (Wildman–Crippen MR) is 166 cm³/mol. The molecule has 1 aliphatic heterocycles. The number of ketones is 1. The number of nitrogens with zero attached hydrogens (tertiary/aromatic N) is 2. The van der Waals surface area contributed by atoms with E-state index in [1.807, 2.05) is 0 Å². The summed E-state index contributed by atoms with van der Waals surface area (Å²) in [6, 6.07) is -1.38. The molecule has 1 unspecified atom stereocenters. The van der Waals surface area contributed by atoms with E-state index in [0.29, 0.717) is 19.4 Å². The van der Waals surface area contributed by atoms with E-state index < -0.39 is 41.4 Å². The number of carbonyl (C=O) groups excluding carboxylic acids is 4. The van der Waals surface area contributed by atoms with Crippen molar-refractivity contribution in [3.8, 4) is 0 Å². The number of ether oxygens (including phenoxy) is 2. The topological polar surface area (TPSA) is 148 Å². The maximum Gasteiger partial charge on any atom is 0.414 e. The summed E-state index contributed by atoms with van der Waals surface area (Å²) >= 11 is 3.58. The first kappa shape index (κ1) is 35.9. The number of alkyl carbamates (subject to hydrolysis) is 2. The Labute approximate surface area is 257 Å². The van der Waals surface area contributed by atoms with Crippen LogP contribution in [0.15, 0.2) is 14.8 Å². The molecule has 0 radical (unpaired) electrons. The van der Waals surface area contributed by atoms with Crippen LogP contribution in [0.5, 0.6) is 0 Å². The van der Waals surface area contributed by atoms with Gasteiger partial charge in [0, 0.05) is 37.1 Å². The third kappa shape index (κ3) is 12.9. The molecule has 0 bridgehead atoms. The smallest absolute Gasteiger partial charge is 0.414 e. The molecule has 0 spiro atoms. The van der Waals surface area contributed by atoms with Crippen molar-refractivity contribution in [2.24, 2.45) is 10.9 Å². The molecule has 1 aliphatic carbocycles. The summed E-state index contributed by atoms with van der Waals surface area (Å²) in [6.45, 7) is 12.1. The van der Waals surface area contributed by atoms with Gasteiger partial charge in [-0.15, -0.1) is 23.5 Å². The van der Waals surface area contributed by atoms with Crippen LogP contribution in [0.3, 0.4) is 0 Å². The molecular weight excluding hydrogens is 582 g/mol. The molecular formula is C28H47N5O7S2. The molecule has 1 saturated heterocycles. The van der Waals surface area contributed by atoms with Crippen molar-refractivity contribution in [2.45, 2.75) is 97.4 Å². The minimum Gasteiger partial charge on any atom is -0.444 e. The van der Waals surface area contributed by atoms with E-state index in [2.05, 4.69) is 16.0 Å². The molecule has 14 heteroatoms. The van der Waals surface area contributed by atoms with Gasteiger partial charge in [-0.05, 0) is 77.9 Å². The van der Waals surface area contributed by atoms with E-state index in [-0.39, 0.29) is 24.1 Å². The standard InChI is InChI=1S/C28H47N5O7S2/c1-17(34)29-22(21(35)11-12-33(8)38-9)19-15-18(23-41-13-10-14-42-23)16-20(19)30-24(31-25(36)39-27(2,3)4)32-26(37)40-28(5,6)7/h19-20,22H,10-16H2,1-9H3,(H,29,34)(H2,30,31,32,36,37)/t19-,20+,22?/m1/s1. The maximum absolute atomic E-state index is 13.5. The Balaban J connectivity index is 2.51. The quantitative estimate of drug-likeness (QED) is 0.203. The first-order chi connectivity index (χ1) is 19.5. The van der Waals surface area contributed by atoms with Gasteiger partial charge >= 0.3 is 12.2 Å². The van der Waals surface area contributed by atoms with Gasteiger partial charge in [0.25, 0.3) is 0 Å². The van der Waals surface area contributed by atoms with E-state index in [1.54, 1.807) is 77.2 Å². The summed E-state index contributed by atoms with van der Waals surface area (Å²) in [4.78, 5) is 61.2. The fraction of sp³-hybridized carbons (Fsp3) is 0.750. The van der Waals surface area contributed by atoms with Gasteiger partial charge in [-0.3, -0.25) is 20.2 Å². The number of guanidine groups is 1. The van der Waals surface area contributed by atoms with E-state index in [0.717, 1.165) is 23.5 Å². The molecule has 1 saturated carbocycles. The Bertz CT molecular complexity index is 1010. The molecule has 2 rings (SSSR count). The average Bonchev–Trinajstić information content (AvgIpc) is 3.26. The van der Waals surface area contributed by atoms with Crippen LogP contribution in [0, 0.1) is 5.92 Å². The number of hydrogen-bond donors (Lipinski definition) is 3. The molecule has 12 nitrogen and oxygen atoms in total. The van der Waals surface area contributed by atoms with Crippen molar-refractivity contribution in [2.75, 3.05) is 32.2 Å². The van der Waals surface area contributed by atoms with Gasteiger partial charge in [0.05, 0.1) is 19.2 Å². The summed E-state index contributed by atoms with van der Waals surface area (Å²) in [5.41, 5.74) is -0.431. The van der Waals surface area contributed by atoms with Crippen LogP contribution in [0.4, 0.5) is 9.59 Å². The number of carbonyl (C=O) groups is 4. The number of nitrogens with one attached hydrogen (secondary N) is 3. The fourth-order valence-electron chi connectivity index (χ4n) is 4.41. The molecule has 42 heavy (non-hydrogen) atoms. The number of thioether (sulfide) groups is 2. The molecule has 0 aromatic rings. The Kier molecular flexibility index (Phi) is 13.7. The molecule has 2 fully saturated rings. The minimum atomic E-state index is -0.831. The fourth-order valence-corrected chi connectivity index (χ4v) is 7.12. The van der Waals surface area contributed by atoms with E-state index in [1.165, 1.54) is 18.3 Å². The van der Waals surface area contributed by atoms with Crippen molar-refractivity contribution in [1.82, 2.24) is 21.0 Å². The molecule has 1 heterocycles. The molecule has 0 aromatic heterocycles. The second kappa shape index (κ2) is 16.0. The summed E-state index contributed by atoms with van der Waals surface area (Å²) in [7, 11) is 3.24. The molecule has 3 N–H and O–H groups in total. The van der Waals surface area contributed by atoms with Crippen molar-refractivity contribution in [1.29, 1.82) is 0 Å². The third-order valence-electron chi connectivity index (χ3n) is 6.13. The highest BCUT2D eigenvalue weighted by molar-refractivity contribution is 8.22. The summed E-state index contributed by atoms with van der Waals surface area (Å²) in [6.07, 6.45) is 0.683. The zero-order valence-corrected chi connectivity index (χ0v) is 27.9. The van der Waals surface area contributed by atoms with Crippen LogP contribution >= 0.6 is 23.5 Å². The van der Waals surface area contributed by atoms with Gasteiger partial charge in [-0.2, -0.15) is 5.06 Å². The maximum atomic E-state index is 13.5. The minimum absolute atomic E-state index is 0.150. The lowest BCUT2D eigenvalue weighted by atomic mass is 9.90. The molecule has 238 valence electrons. The Hall–Kier alpha value is -2.29. The van der Waals surface area contributed by atoms with Gasteiger partial charge in [0.1, 0.15) is 11.2 Å².